The van der Waals surface area contributed by atoms with Crippen molar-refractivity contribution in [3.8, 4) is 11.5 Å². The van der Waals surface area contributed by atoms with Gasteiger partial charge in [0.25, 0.3) is 5.91 Å². The third-order valence-electron chi connectivity index (χ3n) is 7.25. The molecule has 4 heterocycles. The number of nitrogens with zero attached hydrogens (tertiary/aromatic N) is 7. The van der Waals surface area contributed by atoms with Gasteiger partial charge in [0.2, 0.25) is 17.8 Å². The summed E-state index contributed by atoms with van der Waals surface area (Å²) in [6, 6.07) is 5.51. The van der Waals surface area contributed by atoms with E-state index in [9.17, 15) is 4.79 Å². The molecule has 3 aliphatic rings. The molecule has 2 aromatic rings. The molecule has 0 atom stereocenters. The van der Waals surface area contributed by atoms with Crippen LogP contribution in [0.2, 0.25) is 0 Å². The normalized spacial score (nSPS) is 18.2. The number of rotatable bonds is 10. The predicted octanol–water partition coefficient (Wildman–Crippen LogP) is 2.93. The zero-order valence-corrected chi connectivity index (χ0v) is 23.4. The number of hydrazone groups is 1. The maximum absolute atomic E-state index is 12.5. The van der Waals surface area contributed by atoms with Gasteiger partial charge in [-0.1, -0.05) is 0 Å². The van der Waals surface area contributed by atoms with Crippen LogP contribution in [0.1, 0.15) is 51.0 Å². The molecule has 5 rings (SSSR count). The van der Waals surface area contributed by atoms with Crippen molar-refractivity contribution in [2.75, 3.05) is 80.9 Å². The number of hydrogen-bond donors (Lipinski definition) is 1. The van der Waals surface area contributed by atoms with Gasteiger partial charge in [0.05, 0.1) is 26.0 Å². The van der Waals surface area contributed by atoms with Crippen molar-refractivity contribution in [3.63, 3.8) is 0 Å². The number of hydrogen-bond acceptors (Lipinski definition) is 11. The molecule has 1 N–H and O–H groups in total. The number of morpholine rings is 1. The monoisotopic (exact) mass is 552 g/mol. The van der Waals surface area contributed by atoms with E-state index in [4.69, 9.17) is 19.2 Å². The molecule has 216 valence electrons. The summed E-state index contributed by atoms with van der Waals surface area (Å²) >= 11 is 0. The smallest absolute Gasteiger partial charge is 0.260 e. The second-order valence-electron chi connectivity index (χ2n) is 10.1. The molecule has 40 heavy (non-hydrogen) atoms. The summed E-state index contributed by atoms with van der Waals surface area (Å²) in [6.07, 6.45) is 8.77. The van der Waals surface area contributed by atoms with Crippen LogP contribution in [0.25, 0.3) is 0 Å². The van der Waals surface area contributed by atoms with Crippen LogP contribution >= 0.6 is 0 Å². The van der Waals surface area contributed by atoms with Crippen molar-refractivity contribution in [2.45, 2.75) is 45.4 Å². The Labute approximate surface area is 235 Å². The number of carbonyl (C=O) groups is 1. The number of carbonyl (C=O) groups excluding carboxylic acids is 1. The van der Waals surface area contributed by atoms with E-state index in [0.29, 0.717) is 62.3 Å². The van der Waals surface area contributed by atoms with Gasteiger partial charge in [-0.15, -0.1) is 0 Å². The van der Waals surface area contributed by atoms with Crippen LogP contribution in [0.5, 0.6) is 11.5 Å². The minimum absolute atomic E-state index is 0.0485. The molecule has 12 heteroatoms. The number of benzene rings is 1. The third-order valence-corrected chi connectivity index (χ3v) is 7.25. The number of anilines is 3. The second kappa shape index (κ2) is 14.1. The fourth-order valence-corrected chi connectivity index (χ4v) is 5.08. The van der Waals surface area contributed by atoms with E-state index in [1.165, 1.54) is 12.8 Å². The maximum atomic E-state index is 12.5. The van der Waals surface area contributed by atoms with Crippen molar-refractivity contribution >= 4 is 30.0 Å². The lowest BCUT2D eigenvalue weighted by Gasteiger charge is -2.30. The first-order valence-electron chi connectivity index (χ1n) is 14.5. The minimum Gasteiger partial charge on any atom is -0.490 e. The van der Waals surface area contributed by atoms with Crippen LogP contribution in [0.4, 0.5) is 17.8 Å². The summed E-state index contributed by atoms with van der Waals surface area (Å²) in [7, 11) is 0. The highest BCUT2D eigenvalue weighted by molar-refractivity contribution is 5.81. The second-order valence-corrected chi connectivity index (χ2v) is 10.1. The summed E-state index contributed by atoms with van der Waals surface area (Å²) in [5, 5.41) is 4.42. The van der Waals surface area contributed by atoms with Crippen molar-refractivity contribution in [3.05, 3.63) is 23.8 Å². The lowest BCUT2D eigenvalue weighted by atomic mass is 10.1. The highest BCUT2D eigenvalue weighted by Gasteiger charge is 2.21. The number of nitrogens with one attached hydrogen (secondary N) is 1. The van der Waals surface area contributed by atoms with Gasteiger partial charge in [-0.3, -0.25) is 4.79 Å². The summed E-state index contributed by atoms with van der Waals surface area (Å²) in [5.41, 5.74) is 3.83. The lowest BCUT2D eigenvalue weighted by Crippen LogP contribution is -2.43. The van der Waals surface area contributed by atoms with Crippen molar-refractivity contribution < 1.29 is 19.0 Å². The van der Waals surface area contributed by atoms with Gasteiger partial charge in [-0.25, -0.2) is 5.43 Å². The van der Waals surface area contributed by atoms with Gasteiger partial charge in [0.15, 0.2) is 18.1 Å². The Balaban J connectivity index is 1.26. The SMILES string of the molecule is CCOc1cc(/C=N/Nc2nc(N3CCCCC3)nc(N3CCCCC3)n2)ccc1OCC(=O)N1CCOCC1. The largest absolute Gasteiger partial charge is 0.490 e. The number of amides is 1. The molecule has 3 saturated heterocycles. The van der Waals surface area contributed by atoms with E-state index < -0.39 is 0 Å². The van der Waals surface area contributed by atoms with E-state index in [1.54, 1.807) is 17.2 Å². The van der Waals surface area contributed by atoms with Crippen molar-refractivity contribution in [1.82, 2.24) is 19.9 Å². The Bertz CT molecular complexity index is 1110. The highest BCUT2D eigenvalue weighted by Crippen LogP contribution is 2.28. The zero-order chi connectivity index (χ0) is 27.6. The van der Waals surface area contributed by atoms with Crippen LogP contribution in [0, 0.1) is 0 Å². The van der Waals surface area contributed by atoms with Gasteiger partial charge < -0.3 is 28.9 Å². The van der Waals surface area contributed by atoms with Gasteiger partial charge in [0.1, 0.15) is 0 Å². The zero-order valence-electron chi connectivity index (χ0n) is 23.4. The topological polar surface area (TPSA) is 118 Å². The molecule has 0 aliphatic carbocycles. The van der Waals surface area contributed by atoms with Crippen molar-refractivity contribution in [2.24, 2.45) is 5.10 Å². The molecule has 0 unspecified atom stereocenters. The van der Waals surface area contributed by atoms with E-state index in [1.807, 2.05) is 19.1 Å². The first-order valence-corrected chi connectivity index (χ1v) is 14.5. The maximum Gasteiger partial charge on any atom is 0.260 e. The van der Waals surface area contributed by atoms with Crippen molar-refractivity contribution in [1.29, 1.82) is 0 Å². The van der Waals surface area contributed by atoms with Crippen LogP contribution in [-0.2, 0) is 9.53 Å². The third kappa shape index (κ3) is 7.50. The Morgan fingerprint density at radius 3 is 2.17 bits per heavy atom. The molecule has 12 nitrogen and oxygen atoms in total. The van der Waals surface area contributed by atoms with E-state index in [-0.39, 0.29) is 12.5 Å². The predicted molar refractivity (Wildman–Crippen MR) is 154 cm³/mol. The summed E-state index contributed by atoms with van der Waals surface area (Å²) < 4.78 is 16.9. The van der Waals surface area contributed by atoms with E-state index in [0.717, 1.165) is 57.4 Å². The Morgan fingerprint density at radius 1 is 0.900 bits per heavy atom. The molecule has 0 saturated carbocycles. The van der Waals surface area contributed by atoms with Gasteiger partial charge in [-0.2, -0.15) is 20.1 Å². The Hall–Kier alpha value is -3.67. The molecule has 1 aromatic heterocycles. The first-order chi connectivity index (χ1) is 19.7. The Morgan fingerprint density at radius 2 is 1.55 bits per heavy atom. The lowest BCUT2D eigenvalue weighted by molar-refractivity contribution is -0.137. The van der Waals surface area contributed by atoms with E-state index in [2.05, 4.69) is 30.3 Å². The van der Waals surface area contributed by atoms with Gasteiger partial charge in [-0.05, 0) is 69.2 Å². The summed E-state index contributed by atoms with van der Waals surface area (Å²) in [6.45, 7) is 8.44. The molecule has 0 radical (unpaired) electrons. The highest BCUT2D eigenvalue weighted by atomic mass is 16.5. The molecular formula is C28H40N8O4. The quantitative estimate of drug-likeness (QED) is 0.348. The fourth-order valence-electron chi connectivity index (χ4n) is 5.08. The molecule has 1 aromatic carbocycles. The molecule has 3 aliphatic heterocycles. The fraction of sp³-hybridized carbons (Fsp3) is 0.607. The van der Waals surface area contributed by atoms with Crippen LogP contribution in [-0.4, -0.2) is 97.7 Å². The van der Waals surface area contributed by atoms with Crippen LogP contribution in [0.3, 0.4) is 0 Å². The molecule has 0 bridgehead atoms. The molecule has 0 spiro atoms. The Kier molecular flexibility index (Phi) is 9.83. The van der Waals surface area contributed by atoms with Crippen LogP contribution < -0.4 is 24.7 Å². The van der Waals surface area contributed by atoms with E-state index >= 15 is 0 Å². The number of ether oxygens (including phenoxy) is 3. The average molecular weight is 553 g/mol. The summed E-state index contributed by atoms with van der Waals surface area (Å²) in [5.74, 6) is 2.86. The molecule has 1 amide bonds. The average Bonchev–Trinajstić information content (AvgIpc) is 3.02. The van der Waals surface area contributed by atoms with Gasteiger partial charge >= 0.3 is 0 Å². The van der Waals surface area contributed by atoms with Gasteiger partial charge in [0, 0.05) is 39.3 Å². The van der Waals surface area contributed by atoms with Crippen LogP contribution in [0.15, 0.2) is 23.3 Å². The number of aromatic nitrogens is 3. The number of piperidine rings is 2. The molecular weight excluding hydrogens is 512 g/mol. The first kappa shape index (κ1) is 27.9. The standard InChI is InChI=1S/C28H40N8O4/c1-2-39-24-19-22(9-10-23(24)40-21-25(37)34-15-17-38-18-16-34)20-29-33-26-30-27(35-11-5-3-6-12-35)32-28(31-26)36-13-7-4-8-14-36/h9-10,19-20H,2-8,11-18,21H2,1H3,(H,30,31,32,33)/b29-20+. The molecule has 3 fully saturated rings. The minimum atomic E-state index is -0.0641. The summed E-state index contributed by atoms with van der Waals surface area (Å²) in [4.78, 5) is 32.9.